The third kappa shape index (κ3) is 3.22. The van der Waals surface area contributed by atoms with E-state index in [-0.39, 0.29) is 42.0 Å². The lowest BCUT2D eigenvalue weighted by Gasteiger charge is -2.53. The summed E-state index contributed by atoms with van der Waals surface area (Å²) in [6.45, 7) is -0.000986. The number of benzene rings is 1. The third-order valence-electron chi connectivity index (χ3n) is 7.69. The number of nitrogens with one attached hydrogen (secondary N) is 1. The van der Waals surface area contributed by atoms with E-state index in [9.17, 15) is 34.8 Å². The van der Waals surface area contributed by atoms with Crippen LogP contribution in [0.4, 0.5) is 11.4 Å². The van der Waals surface area contributed by atoms with Gasteiger partial charge in [-0.3, -0.25) is 19.4 Å². The molecule has 0 saturated heterocycles. The maximum Gasteiger partial charge on any atom is 0.255 e. The average molecular weight is 508 g/mol. The molecule has 3 aliphatic rings. The number of amides is 1. The molecule has 3 aliphatic carbocycles. The fourth-order valence-electron chi connectivity index (χ4n) is 5.88. The van der Waals surface area contributed by atoms with Crippen LogP contribution in [0.2, 0.25) is 0 Å². The van der Waals surface area contributed by atoms with Crippen LogP contribution in [0.1, 0.15) is 22.3 Å². The van der Waals surface area contributed by atoms with E-state index in [0.717, 1.165) is 0 Å². The first-order valence-electron chi connectivity index (χ1n) is 11.4. The van der Waals surface area contributed by atoms with E-state index in [1.165, 1.54) is 12.1 Å². The second-order valence-corrected chi connectivity index (χ2v) is 9.69. The van der Waals surface area contributed by atoms with Crippen molar-refractivity contribution in [1.82, 2.24) is 4.98 Å². The van der Waals surface area contributed by atoms with Crippen LogP contribution in [-0.4, -0.2) is 61.1 Å². The van der Waals surface area contributed by atoms with Crippen molar-refractivity contribution in [2.75, 3.05) is 17.6 Å². The highest BCUT2D eigenvalue weighted by Gasteiger charge is 2.65. The Hall–Kier alpha value is -4.42. The zero-order valence-electron chi connectivity index (χ0n) is 19.4. The van der Waals surface area contributed by atoms with Crippen molar-refractivity contribution < 1.29 is 34.8 Å². The predicted molar refractivity (Wildman–Crippen MR) is 130 cm³/mol. The van der Waals surface area contributed by atoms with Gasteiger partial charge in [-0.25, -0.2) is 0 Å². The molecule has 1 aromatic carbocycles. The number of phenolic OH excluding ortho intramolecular Hbond substituents is 1. The minimum atomic E-state index is -2.81. The number of pyridine rings is 1. The molecule has 1 heterocycles. The van der Waals surface area contributed by atoms with E-state index >= 15 is 0 Å². The van der Waals surface area contributed by atoms with Gasteiger partial charge in [0.2, 0.25) is 5.78 Å². The van der Waals surface area contributed by atoms with E-state index < -0.39 is 57.5 Å². The summed E-state index contributed by atoms with van der Waals surface area (Å²) in [7, 11) is 0. The molecule has 0 saturated carbocycles. The third-order valence-corrected chi connectivity index (χ3v) is 7.69. The number of nitrogens with zero attached hydrogens (tertiary/aromatic N) is 1. The molecule has 4 atom stereocenters. The number of primary amides is 1. The Bertz CT molecular complexity index is 1440. The minimum absolute atomic E-state index is 0.000986. The number of aliphatic hydroxyl groups excluding tert-OH is 2. The summed E-state index contributed by atoms with van der Waals surface area (Å²) < 4.78 is 0. The van der Waals surface area contributed by atoms with Gasteiger partial charge in [0.1, 0.15) is 22.8 Å². The van der Waals surface area contributed by atoms with Crippen LogP contribution in [-0.2, 0) is 16.0 Å². The normalized spacial score (nSPS) is 28.9. The van der Waals surface area contributed by atoms with Crippen LogP contribution in [0.15, 0.2) is 59.3 Å². The first kappa shape index (κ1) is 24.3. The molecule has 1 amide bonds. The largest absolute Gasteiger partial charge is 0.510 e. The fourth-order valence-corrected chi connectivity index (χ4v) is 5.88. The van der Waals surface area contributed by atoms with Gasteiger partial charge < -0.3 is 42.9 Å². The molecule has 0 bridgehead atoms. The van der Waals surface area contributed by atoms with Crippen LogP contribution in [0, 0.1) is 11.3 Å². The lowest BCUT2D eigenvalue weighted by Crippen LogP contribution is -2.65. The molecule has 12 heteroatoms. The van der Waals surface area contributed by atoms with Gasteiger partial charge in [-0.1, -0.05) is 0 Å². The number of nitrogen functional groups attached to an aromatic ring is 1. The Morgan fingerprint density at radius 3 is 2.57 bits per heavy atom. The van der Waals surface area contributed by atoms with Crippen molar-refractivity contribution in [2.45, 2.75) is 24.5 Å². The number of aliphatic hydroxyl groups is 3. The number of aromatic nitrogens is 1. The summed E-state index contributed by atoms with van der Waals surface area (Å²) >= 11 is 0. The summed E-state index contributed by atoms with van der Waals surface area (Å²) in [4.78, 5) is 43.1. The van der Waals surface area contributed by atoms with Crippen molar-refractivity contribution >= 4 is 28.8 Å². The molecule has 0 aliphatic heterocycles. The molecule has 0 spiro atoms. The maximum absolute atomic E-state index is 13.9. The van der Waals surface area contributed by atoms with E-state index in [0.29, 0.717) is 11.3 Å². The molecule has 5 rings (SSSR count). The summed E-state index contributed by atoms with van der Waals surface area (Å²) in [5.41, 5.74) is 13.2. The van der Waals surface area contributed by atoms with E-state index in [1.807, 2.05) is 0 Å². The second kappa shape index (κ2) is 8.05. The molecule has 0 radical (unpaired) electrons. The van der Waals surface area contributed by atoms with Gasteiger partial charge in [-0.2, -0.15) is 0 Å². The molecule has 1 aromatic heterocycles. The van der Waals surface area contributed by atoms with E-state index in [4.69, 9.17) is 17.2 Å². The lowest BCUT2D eigenvalue weighted by molar-refractivity contribution is -0.146. The minimum Gasteiger partial charge on any atom is -0.510 e. The molecular weight excluding hydrogens is 482 g/mol. The predicted octanol–water partition coefficient (Wildman–Crippen LogP) is -0.0228. The van der Waals surface area contributed by atoms with Crippen LogP contribution in [0.25, 0.3) is 0 Å². The highest BCUT2D eigenvalue weighted by molar-refractivity contribution is 6.25. The first-order chi connectivity index (χ1) is 17.4. The van der Waals surface area contributed by atoms with Gasteiger partial charge >= 0.3 is 0 Å². The number of phenols is 1. The Labute approximate surface area is 210 Å². The topological polar surface area (TPSA) is 235 Å². The molecule has 192 valence electrons. The van der Waals surface area contributed by atoms with Crippen LogP contribution >= 0.6 is 0 Å². The summed E-state index contributed by atoms with van der Waals surface area (Å²) in [5.74, 6) is -7.10. The zero-order valence-corrected chi connectivity index (χ0v) is 19.4. The molecule has 0 unspecified atom stereocenters. The summed E-state index contributed by atoms with van der Waals surface area (Å²) in [5, 5.41) is 47.3. The van der Waals surface area contributed by atoms with Gasteiger partial charge in [0, 0.05) is 41.5 Å². The Morgan fingerprint density at radius 2 is 1.92 bits per heavy atom. The molecule has 11 N–H and O–H groups in total. The average Bonchev–Trinajstić information content (AvgIpc) is 2.86. The number of anilines is 2. The van der Waals surface area contributed by atoms with Gasteiger partial charge in [0.05, 0.1) is 17.3 Å². The van der Waals surface area contributed by atoms with Crippen molar-refractivity contribution in [2.24, 2.45) is 22.8 Å². The molecular formula is C25H25N5O7. The second-order valence-electron chi connectivity index (χ2n) is 9.69. The lowest BCUT2D eigenvalue weighted by atomic mass is 9.52. The first-order valence-corrected chi connectivity index (χ1v) is 11.4. The van der Waals surface area contributed by atoms with Gasteiger partial charge in [-0.05, 0) is 42.7 Å². The van der Waals surface area contributed by atoms with Gasteiger partial charge in [0.15, 0.2) is 11.4 Å². The van der Waals surface area contributed by atoms with Crippen molar-refractivity contribution in [3.8, 4) is 5.75 Å². The molecule has 37 heavy (non-hydrogen) atoms. The van der Waals surface area contributed by atoms with Crippen LogP contribution in [0.3, 0.4) is 0 Å². The highest BCUT2D eigenvalue weighted by atomic mass is 16.3. The number of aromatic hydroxyl groups is 1. The van der Waals surface area contributed by atoms with E-state index in [1.54, 1.807) is 24.5 Å². The SMILES string of the molecule is NC(=O)C1=C(O)[C@@H](N)[C@@H]2C[C@]3(CNc4cccnc4)Cc4c(N)ccc(O)c4C(=O)C3=C(O)[C@]2(O)C1=O. The number of ketones is 2. The van der Waals surface area contributed by atoms with Crippen LogP contribution < -0.4 is 22.5 Å². The van der Waals surface area contributed by atoms with E-state index in [2.05, 4.69) is 10.3 Å². The zero-order chi connectivity index (χ0) is 26.9. The standard InChI is InChI=1S/C25H25N5O7/c26-13-3-4-14(31)15-11(13)6-24(9-30-10-2-1-5-29-8-10)7-12-18(27)20(33)16(23(28)36)21(34)25(12,37)22(35)17(24)19(15)32/h1-5,8,12,18,30-31,33,35,37H,6-7,9,26-27H2,(H2,28,36)/t12-,18-,24-,25+/m0/s1. The molecule has 0 fully saturated rings. The number of nitrogens with two attached hydrogens (primary N) is 3. The monoisotopic (exact) mass is 507 g/mol. The molecule has 2 aromatic rings. The maximum atomic E-state index is 13.9. The number of carbonyl (C=O) groups excluding carboxylic acids is 3. The quantitative estimate of drug-likeness (QED) is 0.155. The van der Waals surface area contributed by atoms with Gasteiger partial charge in [-0.15, -0.1) is 0 Å². The highest BCUT2D eigenvalue weighted by Crippen LogP contribution is 2.57. The number of rotatable bonds is 4. The number of hydrogen-bond donors (Lipinski definition) is 8. The van der Waals surface area contributed by atoms with Crippen molar-refractivity contribution in [1.29, 1.82) is 0 Å². The van der Waals surface area contributed by atoms with Crippen molar-refractivity contribution in [3.05, 3.63) is 70.5 Å². The number of hydrogen-bond acceptors (Lipinski definition) is 11. The molecule has 12 nitrogen and oxygen atoms in total. The van der Waals surface area contributed by atoms with Gasteiger partial charge in [0.25, 0.3) is 5.91 Å². The smallest absolute Gasteiger partial charge is 0.255 e. The van der Waals surface area contributed by atoms with Crippen LogP contribution in [0.5, 0.6) is 5.75 Å². The fraction of sp³-hybridized carbons (Fsp3) is 0.280. The number of Topliss-reactive ketones (excluding diaryl/α,β-unsaturated/α-hetero) is 2. The Kier molecular flexibility index (Phi) is 5.28. The summed E-state index contributed by atoms with van der Waals surface area (Å²) in [6, 6.07) is 4.63. The Morgan fingerprint density at radius 1 is 1.19 bits per heavy atom. The number of carbonyl (C=O) groups is 3. The summed E-state index contributed by atoms with van der Waals surface area (Å²) in [6.07, 6.45) is 2.95. The number of fused-ring (bicyclic) bond motifs is 3. The Balaban J connectivity index is 1.76. The van der Waals surface area contributed by atoms with Crippen molar-refractivity contribution in [3.63, 3.8) is 0 Å².